The van der Waals surface area contributed by atoms with Crippen LogP contribution in [0.15, 0.2) is 36.6 Å². The minimum absolute atomic E-state index is 0.0525. The molecule has 0 atom stereocenters. The summed E-state index contributed by atoms with van der Waals surface area (Å²) in [5.41, 5.74) is 7.17. The first-order chi connectivity index (χ1) is 6.68. The van der Waals surface area contributed by atoms with Crippen molar-refractivity contribution in [2.75, 3.05) is 0 Å². The molecule has 0 aliphatic carbocycles. The first-order valence-electron chi connectivity index (χ1n) is 4.30. The fraction of sp³-hybridized carbons (Fsp3) is 0.0909. The number of aryl methyl sites for hydroxylation is 1. The standard InChI is InChI=1S/C11H13N3/c1-9-6-7-10(8-14-9)4-2-3-5-11(12)13/h2-8H,1H3,(H3,12,13)/b4-2+,5-3-. The van der Waals surface area contributed by atoms with Crippen molar-refractivity contribution < 1.29 is 0 Å². The van der Waals surface area contributed by atoms with Gasteiger partial charge in [0.2, 0.25) is 0 Å². The van der Waals surface area contributed by atoms with Crippen LogP contribution in [-0.2, 0) is 0 Å². The predicted octanol–water partition coefficient (Wildman–Crippen LogP) is 1.90. The van der Waals surface area contributed by atoms with Gasteiger partial charge in [0.15, 0.2) is 0 Å². The van der Waals surface area contributed by atoms with Gasteiger partial charge in [-0.25, -0.2) is 0 Å². The number of hydrogen-bond acceptors (Lipinski definition) is 2. The van der Waals surface area contributed by atoms with E-state index in [0.717, 1.165) is 11.3 Å². The summed E-state index contributed by atoms with van der Waals surface area (Å²) in [5, 5.41) is 6.95. The van der Waals surface area contributed by atoms with E-state index in [9.17, 15) is 0 Å². The van der Waals surface area contributed by atoms with Crippen LogP contribution < -0.4 is 5.73 Å². The van der Waals surface area contributed by atoms with E-state index in [1.807, 2.05) is 31.2 Å². The molecule has 0 radical (unpaired) electrons. The first-order valence-corrected chi connectivity index (χ1v) is 4.30. The molecule has 1 rings (SSSR count). The highest BCUT2D eigenvalue weighted by Crippen LogP contribution is 2.01. The number of nitrogens with zero attached hydrogens (tertiary/aromatic N) is 1. The maximum absolute atomic E-state index is 6.95. The van der Waals surface area contributed by atoms with Crippen molar-refractivity contribution in [2.24, 2.45) is 5.73 Å². The van der Waals surface area contributed by atoms with E-state index in [-0.39, 0.29) is 5.84 Å². The highest BCUT2D eigenvalue weighted by molar-refractivity contribution is 5.88. The molecule has 1 heterocycles. The summed E-state index contributed by atoms with van der Waals surface area (Å²) < 4.78 is 0. The molecule has 0 aromatic carbocycles. The molecule has 3 N–H and O–H groups in total. The van der Waals surface area contributed by atoms with Gasteiger partial charge in [-0.05, 0) is 24.6 Å². The molecule has 1 aromatic heterocycles. The van der Waals surface area contributed by atoms with Crippen LogP contribution in [0.1, 0.15) is 11.3 Å². The third-order valence-electron chi connectivity index (χ3n) is 1.61. The van der Waals surface area contributed by atoms with Crippen molar-refractivity contribution in [3.8, 4) is 0 Å². The molecule has 0 fully saturated rings. The molecule has 0 aliphatic heterocycles. The summed E-state index contributed by atoms with van der Waals surface area (Å²) in [6.45, 7) is 1.95. The molecule has 14 heavy (non-hydrogen) atoms. The summed E-state index contributed by atoms with van der Waals surface area (Å²) in [6, 6.07) is 3.94. The zero-order chi connectivity index (χ0) is 10.4. The van der Waals surface area contributed by atoms with Gasteiger partial charge < -0.3 is 5.73 Å². The normalized spacial score (nSPS) is 11.2. The third-order valence-corrected chi connectivity index (χ3v) is 1.61. The van der Waals surface area contributed by atoms with Crippen molar-refractivity contribution >= 4 is 11.9 Å². The average Bonchev–Trinajstić information content (AvgIpc) is 2.15. The fourth-order valence-corrected chi connectivity index (χ4v) is 0.904. The Bertz CT molecular complexity index is 361. The van der Waals surface area contributed by atoms with Crippen molar-refractivity contribution in [2.45, 2.75) is 6.92 Å². The Balaban J connectivity index is 2.60. The van der Waals surface area contributed by atoms with E-state index in [1.165, 1.54) is 6.08 Å². The van der Waals surface area contributed by atoms with Crippen molar-refractivity contribution in [3.63, 3.8) is 0 Å². The zero-order valence-corrected chi connectivity index (χ0v) is 8.07. The number of rotatable bonds is 3. The van der Waals surface area contributed by atoms with Crippen LogP contribution in [0, 0.1) is 12.3 Å². The molecule has 0 spiro atoms. The van der Waals surface area contributed by atoms with Crippen LogP contribution in [0.4, 0.5) is 0 Å². The van der Waals surface area contributed by atoms with Crippen molar-refractivity contribution in [1.29, 1.82) is 5.41 Å². The van der Waals surface area contributed by atoms with Gasteiger partial charge in [-0.3, -0.25) is 10.4 Å². The Kier molecular flexibility index (Phi) is 3.61. The topological polar surface area (TPSA) is 62.8 Å². The van der Waals surface area contributed by atoms with Gasteiger partial charge in [0.25, 0.3) is 0 Å². The van der Waals surface area contributed by atoms with Gasteiger partial charge in [-0.15, -0.1) is 0 Å². The molecule has 72 valence electrons. The Morgan fingerprint density at radius 3 is 2.79 bits per heavy atom. The summed E-state index contributed by atoms with van der Waals surface area (Å²) in [5.74, 6) is 0.0525. The first kappa shape index (κ1) is 10.2. The van der Waals surface area contributed by atoms with E-state index < -0.39 is 0 Å². The predicted molar refractivity (Wildman–Crippen MR) is 59.1 cm³/mol. The number of nitrogens with one attached hydrogen (secondary N) is 1. The van der Waals surface area contributed by atoms with Crippen molar-refractivity contribution in [3.05, 3.63) is 47.8 Å². The molecule has 0 aliphatic rings. The maximum Gasteiger partial charge on any atom is 0.115 e. The monoisotopic (exact) mass is 187 g/mol. The van der Waals surface area contributed by atoms with E-state index in [4.69, 9.17) is 11.1 Å². The largest absolute Gasteiger partial charge is 0.384 e. The number of aromatic nitrogens is 1. The maximum atomic E-state index is 6.95. The lowest BCUT2D eigenvalue weighted by molar-refractivity contribution is 1.19. The van der Waals surface area contributed by atoms with Crippen LogP contribution in [-0.4, -0.2) is 10.8 Å². The quantitative estimate of drug-likeness (QED) is 0.431. The SMILES string of the molecule is Cc1ccc(/C=C/C=C\C(=N)N)cn1. The van der Waals surface area contributed by atoms with Gasteiger partial charge in [0, 0.05) is 11.9 Å². The van der Waals surface area contributed by atoms with Gasteiger partial charge in [-0.1, -0.05) is 24.3 Å². The van der Waals surface area contributed by atoms with Crippen LogP contribution >= 0.6 is 0 Å². The van der Waals surface area contributed by atoms with Gasteiger partial charge in [-0.2, -0.15) is 0 Å². The molecule has 0 unspecified atom stereocenters. The van der Waals surface area contributed by atoms with E-state index >= 15 is 0 Å². The molecule has 3 heteroatoms. The van der Waals surface area contributed by atoms with Crippen molar-refractivity contribution in [1.82, 2.24) is 4.98 Å². The summed E-state index contributed by atoms with van der Waals surface area (Å²) in [6.07, 6.45) is 8.79. The van der Waals surface area contributed by atoms with E-state index in [2.05, 4.69) is 4.98 Å². The number of allylic oxidation sites excluding steroid dienone is 2. The average molecular weight is 187 g/mol. The molecule has 3 nitrogen and oxygen atoms in total. The highest BCUT2D eigenvalue weighted by atomic mass is 14.7. The second kappa shape index (κ2) is 4.97. The number of nitrogens with two attached hydrogens (primary N) is 1. The molecular weight excluding hydrogens is 174 g/mol. The van der Waals surface area contributed by atoms with Gasteiger partial charge >= 0.3 is 0 Å². The van der Waals surface area contributed by atoms with Crippen LogP contribution in [0.2, 0.25) is 0 Å². The molecule has 0 amide bonds. The minimum Gasteiger partial charge on any atom is -0.384 e. The molecule has 0 saturated heterocycles. The Hall–Kier alpha value is -1.90. The second-order valence-electron chi connectivity index (χ2n) is 2.91. The number of amidine groups is 1. The molecular formula is C11H13N3. The Morgan fingerprint density at radius 1 is 1.43 bits per heavy atom. The molecule has 0 bridgehead atoms. The van der Waals surface area contributed by atoms with E-state index in [1.54, 1.807) is 12.3 Å². The van der Waals surface area contributed by atoms with Gasteiger partial charge in [0.05, 0.1) is 0 Å². The fourth-order valence-electron chi connectivity index (χ4n) is 0.904. The second-order valence-corrected chi connectivity index (χ2v) is 2.91. The summed E-state index contributed by atoms with van der Waals surface area (Å²) in [7, 11) is 0. The minimum atomic E-state index is 0.0525. The number of hydrogen-bond donors (Lipinski definition) is 2. The Labute approximate surface area is 83.5 Å². The lowest BCUT2D eigenvalue weighted by Gasteiger charge is -1.92. The van der Waals surface area contributed by atoms with Crippen LogP contribution in [0.25, 0.3) is 6.08 Å². The Morgan fingerprint density at radius 2 is 2.21 bits per heavy atom. The zero-order valence-electron chi connectivity index (χ0n) is 8.07. The smallest absolute Gasteiger partial charge is 0.115 e. The molecule has 0 saturated carbocycles. The lowest BCUT2D eigenvalue weighted by Crippen LogP contribution is -2.03. The lowest BCUT2D eigenvalue weighted by atomic mass is 10.2. The van der Waals surface area contributed by atoms with Gasteiger partial charge in [0.1, 0.15) is 5.84 Å². The summed E-state index contributed by atoms with van der Waals surface area (Å²) in [4.78, 5) is 4.15. The van der Waals surface area contributed by atoms with Crippen LogP contribution in [0.3, 0.4) is 0 Å². The summed E-state index contributed by atoms with van der Waals surface area (Å²) >= 11 is 0. The van der Waals surface area contributed by atoms with E-state index in [0.29, 0.717) is 0 Å². The highest BCUT2D eigenvalue weighted by Gasteiger charge is 1.85. The van der Waals surface area contributed by atoms with Crippen LogP contribution in [0.5, 0.6) is 0 Å². The number of pyridine rings is 1. The third kappa shape index (κ3) is 3.67. The molecule has 1 aromatic rings.